The van der Waals surface area contributed by atoms with E-state index in [1.165, 1.54) is 0 Å². The van der Waals surface area contributed by atoms with Crippen molar-refractivity contribution in [1.82, 2.24) is 0 Å². The molecule has 1 fully saturated rings. The van der Waals surface area contributed by atoms with Gasteiger partial charge in [-0.25, -0.2) is 0 Å². The summed E-state index contributed by atoms with van der Waals surface area (Å²) >= 11 is 0. The normalized spacial score (nSPS) is 17.6. The number of rotatable bonds is 2. The molecule has 15 heavy (non-hydrogen) atoms. The Morgan fingerprint density at radius 2 is 1.93 bits per heavy atom. The first-order chi connectivity index (χ1) is 6.99. The van der Waals surface area contributed by atoms with Crippen molar-refractivity contribution in [1.29, 1.82) is 0 Å². The molecule has 0 spiro atoms. The molecule has 1 aliphatic rings. The maximum atomic E-state index is 10.0. The predicted octanol–water partition coefficient (Wildman–Crippen LogP) is 1.97. The number of ether oxygens (including phenoxy) is 1. The van der Waals surface area contributed by atoms with Crippen molar-refractivity contribution < 1.29 is 9.84 Å². The molecule has 0 unspecified atom stereocenters. The third kappa shape index (κ3) is 1.47. The molecular formula is C12H17NO2. The minimum Gasteiger partial charge on any atom is -0.507 e. The standard InChI is InChI=1S/C12H17NO2/c1-7-8(2)11(14)9(6-10(7)15-3)12(13)4-5-12/h6,14H,4-5,13H2,1-3H3. The number of nitrogens with two attached hydrogens (primary N) is 1. The number of hydrogen-bond acceptors (Lipinski definition) is 3. The van der Waals surface area contributed by atoms with E-state index in [9.17, 15) is 5.11 Å². The van der Waals surface area contributed by atoms with Crippen molar-refractivity contribution in [3.63, 3.8) is 0 Å². The fourth-order valence-corrected chi connectivity index (χ4v) is 1.87. The van der Waals surface area contributed by atoms with Gasteiger partial charge in [0.1, 0.15) is 11.5 Å². The van der Waals surface area contributed by atoms with E-state index in [1.54, 1.807) is 7.11 Å². The van der Waals surface area contributed by atoms with Crippen LogP contribution in [0.5, 0.6) is 11.5 Å². The number of aromatic hydroxyl groups is 1. The van der Waals surface area contributed by atoms with E-state index in [0.29, 0.717) is 5.75 Å². The van der Waals surface area contributed by atoms with Crippen LogP contribution in [0.3, 0.4) is 0 Å². The fourth-order valence-electron chi connectivity index (χ4n) is 1.87. The average Bonchev–Trinajstić information content (AvgIpc) is 2.94. The van der Waals surface area contributed by atoms with Gasteiger partial charge < -0.3 is 15.6 Å². The van der Waals surface area contributed by atoms with E-state index in [1.807, 2.05) is 19.9 Å². The van der Waals surface area contributed by atoms with E-state index >= 15 is 0 Å². The van der Waals surface area contributed by atoms with Crippen molar-refractivity contribution in [2.45, 2.75) is 32.2 Å². The summed E-state index contributed by atoms with van der Waals surface area (Å²) in [6.07, 6.45) is 1.87. The number of phenolic OH excluding ortho intramolecular Hbond substituents is 1. The monoisotopic (exact) mass is 207 g/mol. The molecule has 3 nitrogen and oxygen atoms in total. The summed E-state index contributed by atoms with van der Waals surface area (Å²) in [6.45, 7) is 3.83. The molecular weight excluding hydrogens is 190 g/mol. The van der Waals surface area contributed by atoms with Crippen LogP contribution < -0.4 is 10.5 Å². The molecule has 3 N–H and O–H groups in total. The summed E-state index contributed by atoms with van der Waals surface area (Å²) in [7, 11) is 1.64. The lowest BCUT2D eigenvalue weighted by molar-refractivity contribution is 0.404. The number of phenols is 1. The Balaban J connectivity index is 2.61. The molecule has 0 amide bonds. The fraction of sp³-hybridized carbons (Fsp3) is 0.500. The molecule has 0 aromatic heterocycles. The van der Waals surface area contributed by atoms with Gasteiger partial charge in [0.2, 0.25) is 0 Å². The highest BCUT2D eigenvalue weighted by atomic mass is 16.5. The first kappa shape index (κ1) is 10.3. The Kier molecular flexibility index (Phi) is 2.15. The van der Waals surface area contributed by atoms with Gasteiger partial charge in [0.15, 0.2) is 0 Å². The van der Waals surface area contributed by atoms with Crippen LogP contribution in [0.15, 0.2) is 6.07 Å². The first-order valence-corrected chi connectivity index (χ1v) is 5.16. The van der Waals surface area contributed by atoms with E-state index in [0.717, 1.165) is 35.3 Å². The van der Waals surface area contributed by atoms with E-state index < -0.39 is 0 Å². The molecule has 1 aliphatic carbocycles. The molecule has 1 aromatic carbocycles. The summed E-state index contributed by atoms with van der Waals surface area (Å²) in [6, 6.07) is 1.87. The van der Waals surface area contributed by atoms with Crippen LogP contribution in [0.4, 0.5) is 0 Å². The number of hydrogen-bond donors (Lipinski definition) is 2. The molecule has 0 saturated heterocycles. The number of benzene rings is 1. The summed E-state index contributed by atoms with van der Waals surface area (Å²) in [4.78, 5) is 0. The Labute approximate surface area is 89.9 Å². The Hall–Kier alpha value is -1.22. The Bertz CT molecular complexity index is 409. The second kappa shape index (κ2) is 3.14. The largest absolute Gasteiger partial charge is 0.507 e. The van der Waals surface area contributed by atoms with Crippen LogP contribution in [0.1, 0.15) is 29.5 Å². The summed E-state index contributed by atoms with van der Waals surface area (Å²) in [5.74, 6) is 1.13. The Morgan fingerprint density at radius 3 is 2.40 bits per heavy atom. The SMILES string of the molecule is COc1cc(C2(N)CC2)c(O)c(C)c1C. The highest BCUT2D eigenvalue weighted by Crippen LogP contribution is 2.49. The molecule has 0 bridgehead atoms. The average molecular weight is 207 g/mol. The molecule has 1 aromatic rings. The predicted molar refractivity (Wildman–Crippen MR) is 59.2 cm³/mol. The van der Waals surface area contributed by atoms with Gasteiger partial charge >= 0.3 is 0 Å². The molecule has 0 radical (unpaired) electrons. The summed E-state index contributed by atoms with van der Waals surface area (Å²) < 4.78 is 5.28. The van der Waals surface area contributed by atoms with Gasteiger partial charge in [-0.2, -0.15) is 0 Å². The van der Waals surface area contributed by atoms with Gasteiger partial charge in [-0.15, -0.1) is 0 Å². The second-order valence-corrected chi connectivity index (χ2v) is 4.38. The zero-order chi connectivity index (χ0) is 11.2. The lowest BCUT2D eigenvalue weighted by Crippen LogP contribution is -2.19. The third-order valence-corrected chi connectivity index (χ3v) is 3.36. The van der Waals surface area contributed by atoms with Gasteiger partial charge in [-0.05, 0) is 43.9 Å². The first-order valence-electron chi connectivity index (χ1n) is 5.16. The van der Waals surface area contributed by atoms with Gasteiger partial charge in [-0.1, -0.05) is 0 Å². The number of methoxy groups -OCH3 is 1. The zero-order valence-electron chi connectivity index (χ0n) is 9.42. The lowest BCUT2D eigenvalue weighted by atomic mass is 9.97. The van der Waals surface area contributed by atoms with Gasteiger partial charge in [-0.3, -0.25) is 0 Å². The van der Waals surface area contributed by atoms with E-state index in [-0.39, 0.29) is 5.54 Å². The smallest absolute Gasteiger partial charge is 0.124 e. The van der Waals surface area contributed by atoms with Crippen molar-refractivity contribution in [3.8, 4) is 11.5 Å². The third-order valence-electron chi connectivity index (χ3n) is 3.36. The van der Waals surface area contributed by atoms with Crippen molar-refractivity contribution in [2.24, 2.45) is 5.73 Å². The van der Waals surface area contributed by atoms with Crippen LogP contribution in [-0.2, 0) is 5.54 Å². The van der Waals surface area contributed by atoms with Gasteiger partial charge in [0.25, 0.3) is 0 Å². The maximum absolute atomic E-state index is 10.0. The highest BCUT2D eigenvalue weighted by molar-refractivity contribution is 5.55. The molecule has 1 saturated carbocycles. The van der Waals surface area contributed by atoms with Crippen LogP contribution in [0, 0.1) is 13.8 Å². The molecule has 2 rings (SSSR count). The minimum atomic E-state index is -0.324. The highest BCUT2D eigenvalue weighted by Gasteiger charge is 2.42. The summed E-state index contributed by atoms with van der Waals surface area (Å²) in [5, 5.41) is 10.0. The molecule has 0 aliphatic heterocycles. The van der Waals surface area contributed by atoms with Gasteiger partial charge in [0, 0.05) is 11.1 Å². The second-order valence-electron chi connectivity index (χ2n) is 4.38. The maximum Gasteiger partial charge on any atom is 0.124 e. The molecule has 0 atom stereocenters. The van der Waals surface area contributed by atoms with Gasteiger partial charge in [0.05, 0.1) is 7.11 Å². The Morgan fingerprint density at radius 1 is 1.33 bits per heavy atom. The van der Waals surface area contributed by atoms with Crippen molar-refractivity contribution >= 4 is 0 Å². The van der Waals surface area contributed by atoms with Crippen molar-refractivity contribution in [3.05, 3.63) is 22.8 Å². The molecule has 3 heteroatoms. The van der Waals surface area contributed by atoms with E-state index in [2.05, 4.69) is 0 Å². The quantitative estimate of drug-likeness (QED) is 0.779. The van der Waals surface area contributed by atoms with Crippen LogP contribution >= 0.6 is 0 Å². The van der Waals surface area contributed by atoms with Crippen LogP contribution in [0.2, 0.25) is 0 Å². The minimum absolute atomic E-state index is 0.324. The van der Waals surface area contributed by atoms with Crippen LogP contribution in [0.25, 0.3) is 0 Å². The molecule has 0 heterocycles. The molecule has 82 valence electrons. The van der Waals surface area contributed by atoms with Crippen molar-refractivity contribution in [2.75, 3.05) is 7.11 Å². The van der Waals surface area contributed by atoms with E-state index in [4.69, 9.17) is 10.5 Å². The lowest BCUT2D eigenvalue weighted by Gasteiger charge is -2.17. The summed E-state index contributed by atoms with van der Waals surface area (Å²) in [5.41, 5.74) is 8.43. The zero-order valence-corrected chi connectivity index (χ0v) is 9.42. The topological polar surface area (TPSA) is 55.5 Å². The van der Waals surface area contributed by atoms with Crippen LogP contribution in [-0.4, -0.2) is 12.2 Å².